The Bertz CT molecular complexity index is 478. The Morgan fingerprint density at radius 3 is 2.84 bits per heavy atom. The fourth-order valence-electron chi connectivity index (χ4n) is 2.15. The fraction of sp³-hybridized carbons (Fsp3) is 0.429. The van der Waals surface area contributed by atoms with Crippen LogP contribution in [0.3, 0.4) is 0 Å². The van der Waals surface area contributed by atoms with Gasteiger partial charge < -0.3 is 10.4 Å². The van der Waals surface area contributed by atoms with Crippen LogP contribution in [0.4, 0.5) is 0 Å². The molecule has 1 aromatic rings. The van der Waals surface area contributed by atoms with Gasteiger partial charge in [-0.2, -0.15) is 5.26 Å². The molecule has 100 valence electrons. The minimum Gasteiger partial charge on any atom is -0.387 e. The van der Waals surface area contributed by atoms with E-state index in [9.17, 15) is 9.90 Å². The summed E-state index contributed by atoms with van der Waals surface area (Å²) in [4.78, 5) is 13.4. The highest BCUT2D eigenvalue weighted by molar-refractivity contribution is 5.78. The lowest BCUT2D eigenvalue weighted by molar-refractivity contribution is -0.121. The van der Waals surface area contributed by atoms with Gasteiger partial charge in [-0.25, -0.2) is 0 Å². The van der Waals surface area contributed by atoms with Crippen molar-refractivity contribution in [3.63, 3.8) is 0 Å². The van der Waals surface area contributed by atoms with Crippen molar-refractivity contribution in [1.82, 2.24) is 10.2 Å². The smallest absolute Gasteiger partial charge is 0.234 e. The summed E-state index contributed by atoms with van der Waals surface area (Å²) < 4.78 is 0. The summed E-state index contributed by atoms with van der Waals surface area (Å²) in [7, 11) is 0. The van der Waals surface area contributed by atoms with E-state index >= 15 is 0 Å². The van der Waals surface area contributed by atoms with Gasteiger partial charge >= 0.3 is 0 Å². The standard InChI is InChI=1S/C14H17N3O2/c15-8-11-2-4-12(5-3-11)13(18)9-17-7-1-6-16-14(19)10-17/h2-5,13,18H,1,6-7,9-10H2,(H,16,19). The molecule has 0 spiro atoms. The molecule has 2 N–H and O–H groups in total. The van der Waals surface area contributed by atoms with Crippen LogP contribution >= 0.6 is 0 Å². The third-order valence-electron chi connectivity index (χ3n) is 3.20. The molecule has 0 aromatic heterocycles. The average Bonchev–Trinajstić information content (AvgIpc) is 2.63. The number of nitriles is 1. The van der Waals surface area contributed by atoms with Crippen LogP contribution in [0.1, 0.15) is 23.7 Å². The van der Waals surface area contributed by atoms with E-state index in [2.05, 4.69) is 5.32 Å². The molecule has 1 aliphatic heterocycles. The molecule has 2 rings (SSSR count). The highest BCUT2D eigenvalue weighted by Gasteiger charge is 2.18. The Balaban J connectivity index is 1.97. The molecule has 1 fully saturated rings. The van der Waals surface area contributed by atoms with Crippen LogP contribution in [-0.2, 0) is 4.79 Å². The number of β-amino-alcohol motifs (C(OH)–C–C–N with tert-alkyl or cyclic N) is 1. The van der Waals surface area contributed by atoms with Crippen LogP contribution in [0.5, 0.6) is 0 Å². The largest absolute Gasteiger partial charge is 0.387 e. The van der Waals surface area contributed by atoms with Gasteiger partial charge in [0.25, 0.3) is 0 Å². The molecule has 0 bridgehead atoms. The van der Waals surface area contributed by atoms with E-state index in [0.717, 1.165) is 18.5 Å². The summed E-state index contributed by atoms with van der Waals surface area (Å²) in [6.45, 7) is 2.25. The molecule has 1 unspecified atom stereocenters. The quantitative estimate of drug-likeness (QED) is 0.824. The molecular formula is C14H17N3O2. The molecule has 0 radical (unpaired) electrons. The van der Waals surface area contributed by atoms with Gasteiger partial charge in [-0.3, -0.25) is 9.69 Å². The van der Waals surface area contributed by atoms with Crippen LogP contribution in [-0.4, -0.2) is 42.1 Å². The van der Waals surface area contributed by atoms with Crippen molar-refractivity contribution in [2.45, 2.75) is 12.5 Å². The number of carbonyl (C=O) groups excluding carboxylic acids is 1. The zero-order valence-electron chi connectivity index (χ0n) is 10.7. The fourth-order valence-corrected chi connectivity index (χ4v) is 2.15. The minimum atomic E-state index is -0.640. The topological polar surface area (TPSA) is 76.4 Å². The second kappa shape index (κ2) is 6.32. The van der Waals surface area contributed by atoms with Gasteiger partial charge in [-0.15, -0.1) is 0 Å². The Hall–Kier alpha value is -1.90. The number of nitrogens with one attached hydrogen (secondary N) is 1. The number of benzene rings is 1. The first-order valence-electron chi connectivity index (χ1n) is 6.36. The molecule has 1 saturated heterocycles. The molecule has 0 aliphatic carbocycles. The number of hydrogen-bond acceptors (Lipinski definition) is 4. The van der Waals surface area contributed by atoms with Crippen LogP contribution in [0.2, 0.25) is 0 Å². The maximum Gasteiger partial charge on any atom is 0.234 e. The Labute approximate surface area is 112 Å². The molecular weight excluding hydrogens is 242 g/mol. The average molecular weight is 259 g/mol. The van der Waals surface area contributed by atoms with Crippen molar-refractivity contribution in [1.29, 1.82) is 5.26 Å². The number of rotatable bonds is 3. The second-order valence-electron chi connectivity index (χ2n) is 4.69. The lowest BCUT2D eigenvalue weighted by Crippen LogP contribution is -2.35. The molecule has 19 heavy (non-hydrogen) atoms. The number of aliphatic hydroxyl groups excluding tert-OH is 1. The van der Waals surface area contributed by atoms with Crippen LogP contribution < -0.4 is 5.32 Å². The number of nitrogens with zero attached hydrogens (tertiary/aromatic N) is 2. The third kappa shape index (κ3) is 3.78. The van der Waals surface area contributed by atoms with Crippen molar-refractivity contribution in [2.75, 3.05) is 26.2 Å². The predicted molar refractivity (Wildman–Crippen MR) is 70.2 cm³/mol. The Morgan fingerprint density at radius 2 is 2.16 bits per heavy atom. The van der Waals surface area contributed by atoms with Crippen molar-refractivity contribution in [3.05, 3.63) is 35.4 Å². The van der Waals surface area contributed by atoms with Gasteiger partial charge in [0.2, 0.25) is 5.91 Å². The van der Waals surface area contributed by atoms with Crippen molar-refractivity contribution >= 4 is 5.91 Å². The van der Waals surface area contributed by atoms with Gasteiger partial charge in [0.1, 0.15) is 0 Å². The first-order chi connectivity index (χ1) is 9.19. The SMILES string of the molecule is N#Cc1ccc(C(O)CN2CCCNC(=O)C2)cc1. The van der Waals surface area contributed by atoms with Crippen molar-refractivity contribution in [3.8, 4) is 6.07 Å². The van der Waals surface area contributed by atoms with E-state index in [1.165, 1.54) is 0 Å². The first kappa shape index (κ1) is 13.5. The summed E-state index contributed by atoms with van der Waals surface area (Å²) in [6.07, 6.45) is 0.255. The van der Waals surface area contributed by atoms with E-state index in [4.69, 9.17) is 5.26 Å². The van der Waals surface area contributed by atoms with Crippen molar-refractivity contribution in [2.24, 2.45) is 0 Å². The maximum absolute atomic E-state index is 11.4. The van der Waals surface area contributed by atoms with E-state index in [0.29, 0.717) is 25.2 Å². The normalized spacial score (nSPS) is 18.2. The molecule has 5 heteroatoms. The second-order valence-corrected chi connectivity index (χ2v) is 4.69. The third-order valence-corrected chi connectivity index (χ3v) is 3.20. The Morgan fingerprint density at radius 1 is 1.42 bits per heavy atom. The summed E-state index contributed by atoms with van der Waals surface area (Å²) >= 11 is 0. The molecule has 1 amide bonds. The Kier molecular flexibility index (Phi) is 4.50. The van der Waals surface area contributed by atoms with Gasteiger partial charge in [0, 0.05) is 19.6 Å². The van der Waals surface area contributed by atoms with Gasteiger partial charge in [-0.1, -0.05) is 12.1 Å². The van der Waals surface area contributed by atoms with E-state index in [1.54, 1.807) is 24.3 Å². The predicted octanol–water partition coefficient (Wildman–Crippen LogP) is 0.414. The molecule has 1 atom stereocenters. The van der Waals surface area contributed by atoms with Gasteiger partial charge in [-0.05, 0) is 24.1 Å². The van der Waals surface area contributed by atoms with Gasteiger partial charge in [0.15, 0.2) is 0 Å². The molecule has 1 aromatic carbocycles. The van der Waals surface area contributed by atoms with Gasteiger partial charge in [0.05, 0.1) is 24.3 Å². The lowest BCUT2D eigenvalue weighted by atomic mass is 10.1. The highest BCUT2D eigenvalue weighted by atomic mass is 16.3. The zero-order valence-corrected chi connectivity index (χ0v) is 10.7. The molecule has 0 saturated carbocycles. The zero-order chi connectivity index (χ0) is 13.7. The van der Waals surface area contributed by atoms with E-state index < -0.39 is 6.10 Å². The number of aliphatic hydroxyl groups is 1. The van der Waals surface area contributed by atoms with Crippen LogP contribution in [0, 0.1) is 11.3 Å². The number of amides is 1. The number of hydrogen-bond donors (Lipinski definition) is 2. The summed E-state index contributed by atoms with van der Waals surface area (Å²) in [6, 6.07) is 8.92. The van der Waals surface area contributed by atoms with Crippen LogP contribution in [0.15, 0.2) is 24.3 Å². The highest BCUT2D eigenvalue weighted by Crippen LogP contribution is 2.15. The molecule has 5 nitrogen and oxygen atoms in total. The number of carbonyl (C=O) groups is 1. The summed E-state index contributed by atoms with van der Waals surface area (Å²) in [5.41, 5.74) is 1.34. The lowest BCUT2D eigenvalue weighted by Gasteiger charge is -2.22. The van der Waals surface area contributed by atoms with Crippen LogP contribution in [0.25, 0.3) is 0 Å². The van der Waals surface area contributed by atoms with E-state index in [1.807, 2.05) is 11.0 Å². The van der Waals surface area contributed by atoms with E-state index in [-0.39, 0.29) is 5.91 Å². The van der Waals surface area contributed by atoms with Crippen molar-refractivity contribution < 1.29 is 9.90 Å². The summed E-state index contributed by atoms with van der Waals surface area (Å²) in [5, 5.41) is 21.7. The minimum absolute atomic E-state index is 0.00419. The monoisotopic (exact) mass is 259 g/mol. The maximum atomic E-state index is 11.4. The molecule has 1 aliphatic rings. The first-order valence-corrected chi connectivity index (χ1v) is 6.36. The summed E-state index contributed by atoms with van der Waals surface area (Å²) in [5.74, 6) is 0.00419. The molecule has 1 heterocycles.